The van der Waals surface area contributed by atoms with Crippen LogP contribution >= 0.6 is 22.9 Å². The van der Waals surface area contributed by atoms with Crippen molar-refractivity contribution in [2.24, 2.45) is 0 Å². The van der Waals surface area contributed by atoms with E-state index in [9.17, 15) is 9.18 Å². The van der Waals surface area contributed by atoms with Crippen LogP contribution in [0.4, 0.5) is 4.39 Å². The normalized spacial score (nSPS) is 11.1. The van der Waals surface area contributed by atoms with Crippen LogP contribution in [0.15, 0.2) is 42.6 Å². The number of thiophene rings is 1. The Morgan fingerprint density at radius 2 is 2.11 bits per heavy atom. The molecule has 0 aliphatic rings. The van der Waals surface area contributed by atoms with Gasteiger partial charge in [-0.05, 0) is 30.3 Å². The zero-order valence-corrected chi connectivity index (χ0v) is 11.3. The van der Waals surface area contributed by atoms with Gasteiger partial charge in [-0.2, -0.15) is 0 Å². The van der Waals surface area contributed by atoms with Gasteiger partial charge < -0.3 is 4.57 Å². The summed E-state index contributed by atoms with van der Waals surface area (Å²) in [6, 6.07) is 9.94. The summed E-state index contributed by atoms with van der Waals surface area (Å²) in [5, 5.41) is 0.527. The van der Waals surface area contributed by atoms with Crippen LogP contribution in [0.2, 0.25) is 4.34 Å². The summed E-state index contributed by atoms with van der Waals surface area (Å²) in [4.78, 5) is 12.7. The van der Waals surface area contributed by atoms with Crippen LogP contribution in [0, 0.1) is 5.82 Å². The van der Waals surface area contributed by atoms with E-state index in [1.54, 1.807) is 41.1 Å². The Balaban J connectivity index is 1.94. The lowest BCUT2D eigenvalue weighted by Crippen LogP contribution is -2.07. The molecule has 0 saturated heterocycles. The largest absolute Gasteiger partial charge is 0.340 e. The smallest absolute Gasteiger partial charge is 0.192 e. The molecule has 2 nitrogen and oxygen atoms in total. The molecule has 96 valence electrons. The Morgan fingerprint density at radius 3 is 2.84 bits per heavy atom. The summed E-state index contributed by atoms with van der Waals surface area (Å²) in [6.07, 6.45) is 1.72. The third kappa shape index (κ3) is 2.29. The molecule has 3 aromatic rings. The molecule has 0 bridgehead atoms. The molecule has 2 heterocycles. The highest BCUT2D eigenvalue weighted by Gasteiger charge is 2.12. The highest BCUT2D eigenvalue weighted by molar-refractivity contribution is 7.18. The second-order valence-electron chi connectivity index (χ2n) is 4.14. The zero-order chi connectivity index (χ0) is 13.4. The lowest BCUT2D eigenvalue weighted by Gasteiger charge is -2.03. The molecular formula is C14H9ClFNOS. The van der Waals surface area contributed by atoms with Crippen molar-refractivity contribution in [1.82, 2.24) is 4.57 Å². The molecule has 0 atom stereocenters. The highest BCUT2D eigenvalue weighted by atomic mass is 35.5. The number of benzene rings is 1. The van der Waals surface area contributed by atoms with Crippen LogP contribution in [-0.4, -0.2) is 10.4 Å². The molecule has 0 aliphatic heterocycles. The Hall–Kier alpha value is -1.65. The first-order chi connectivity index (χ1) is 9.15. The van der Waals surface area contributed by atoms with Gasteiger partial charge in [0.15, 0.2) is 5.78 Å². The molecule has 0 radical (unpaired) electrons. The van der Waals surface area contributed by atoms with Gasteiger partial charge in [-0.15, -0.1) is 11.3 Å². The molecule has 0 amide bonds. The number of rotatable bonds is 3. The van der Waals surface area contributed by atoms with Crippen LogP contribution < -0.4 is 0 Å². The number of carbonyl (C=O) groups is 1. The van der Waals surface area contributed by atoms with E-state index in [4.69, 9.17) is 11.6 Å². The molecule has 0 fully saturated rings. The molecule has 5 heteroatoms. The number of hydrogen-bond donors (Lipinski definition) is 0. The topological polar surface area (TPSA) is 22.0 Å². The van der Waals surface area contributed by atoms with Crippen molar-refractivity contribution >= 4 is 39.6 Å². The first-order valence-electron chi connectivity index (χ1n) is 5.67. The molecule has 3 rings (SSSR count). The number of carbonyl (C=O) groups excluding carboxylic acids is 1. The molecule has 0 N–H and O–H groups in total. The van der Waals surface area contributed by atoms with Crippen molar-refractivity contribution < 1.29 is 9.18 Å². The molecule has 0 aliphatic carbocycles. The maximum atomic E-state index is 13.5. The molecule has 2 aromatic heterocycles. The molecule has 0 saturated carbocycles. The van der Waals surface area contributed by atoms with Crippen molar-refractivity contribution in [3.63, 3.8) is 0 Å². The van der Waals surface area contributed by atoms with Crippen molar-refractivity contribution in [1.29, 1.82) is 0 Å². The van der Waals surface area contributed by atoms with Crippen LogP contribution in [0.25, 0.3) is 10.9 Å². The van der Waals surface area contributed by atoms with Gasteiger partial charge in [0.1, 0.15) is 5.82 Å². The van der Waals surface area contributed by atoms with E-state index >= 15 is 0 Å². The second-order valence-corrected chi connectivity index (χ2v) is 5.86. The standard InChI is InChI=1S/C14H9ClFNOS/c15-14-5-4-13(19-14)12(18)8-17-7-6-9-10(16)2-1-3-11(9)17/h1-7H,8H2. The van der Waals surface area contributed by atoms with Gasteiger partial charge in [0.25, 0.3) is 0 Å². The summed E-state index contributed by atoms with van der Waals surface area (Å²) in [7, 11) is 0. The minimum absolute atomic E-state index is 0.0290. The van der Waals surface area contributed by atoms with Crippen molar-refractivity contribution in [3.8, 4) is 0 Å². The van der Waals surface area contributed by atoms with Crippen LogP contribution in [0.1, 0.15) is 9.67 Å². The van der Waals surface area contributed by atoms with Crippen LogP contribution in [-0.2, 0) is 6.54 Å². The fourth-order valence-electron chi connectivity index (χ4n) is 2.02. The van der Waals surface area contributed by atoms with Gasteiger partial charge in [-0.3, -0.25) is 4.79 Å². The summed E-state index contributed by atoms with van der Waals surface area (Å²) < 4.78 is 15.9. The third-order valence-electron chi connectivity index (χ3n) is 2.92. The van der Waals surface area contributed by atoms with Gasteiger partial charge in [-0.1, -0.05) is 17.7 Å². The van der Waals surface area contributed by atoms with E-state index in [-0.39, 0.29) is 18.1 Å². The van der Waals surface area contributed by atoms with E-state index < -0.39 is 0 Å². The Bertz CT molecular complexity index is 762. The minimum Gasteiger partial charge on any atom is -0.340 e. The van der Waals surface area contributed by atoms with Crippen LogP contribution in [0.3, 0.4) is 0 Å². The first kappa shape index (κ1) is 12.4. The lowest BCUT2D eigenvalue weighted by atomic mass is 10.2. The number of ketones is 1. The van der Waals surface area contributed by atoms with E-state index in [1.807, 2.05) is 0 Å². The summed E-state index contributed by atoms with van der Waals surface area (Å²) in [5.74, 6) is -0.304. The van der Waals surface area contributed by atoms with E-state index in [1.165, 1.54) is 17.4 Å². The zero-order valence-electron chi connectivity index (χ0n) is 9.77. The molecule has 0 spiro atoms. The number of nitrogens with zero attached hydrogens (tertiary/aromatic N) is 1. The minimum atomic E-state index is -0.275. The second kappa shape index (κ2) is 4.79. The van der Waals surface area contributed by atoms with E-state index in [0.29, 0.717) is 14.6 Å². The molecule has 1 aromatic carbocycles. The predicted molar refractivity (Wildman–Crippen MR) is 75.6 cm³/mol. The average molecular weight is 294 g/mol. The van der Waals surface area contributed by atoms with Crippen molar-refractivity contribution in [2.75, 3.05) is 0 Å². The SMILES string of the molecule is O=C(Cn1ccc2c(F)cccc21)c1ccc(Cl)s1. The molecular weight excluding hydrogens is 285 g/mol. The van der Waals surface area contributed by atoms with Gasteiger partial charge in [0, 0.05) is 11.6 Å². The van der Waals surface area contributed by atoms with Crippen LogP contribution in [0.5, 0.6) is 0 Å². The molecule has 19 heavy (non-hydrogen) atoms. The van der Waals surface area contributed by atoms with Crippen molar-refractivity contribution in [3.05, 3.63) is 57.6 Å². The predicted octanol–water partition coefficient (Wildman–Crippen LogP) is 4.38. The quantitative estimate of drug-likeness (QED) is 0.657. The van der Waals surface area contributed by atoms with E-state index in [0.717, 1.165) is 5.52 Å². The summed E-state index contributed by atoms with van der Waals surface area (Å²) >= 11 is 7.07. The van der Waals surface area contributed by atoms with Gasteiger partial charge in [-0.25, -0.2) is 4.39 Å². The highest BCUT2D eigenvalue weighted by Crippen LogP contribution is 2.23. The van der Waals surface area contributed by atoms with Gasteiger partial charge >= 0.3 is 0 Å². The van der Waals surface area contributed by atoms with Gasteiger partial charge in [0.2, 0.25) is 0 Å². The average Bonchev–Trinajstić information content (AvgIpc) is 2.98. The molecule has 0 unspecified atom stereocenters. The fourth-order valence-corrected chi connectivity index (χ4v) is 2.99. The maximum Gasteiger partial charge on any atom is 0.192 e. The number of Topliss-reactive ketones (excluding diaryl/α,β-unsaturated/α-hetero) is 1. The third-order valence-corrected chi connectivity index (χ3v) is 4.19. The lowest BCUT2D eigenvalue weighted by molar-refractivity contribution is 0.0977. The monoisotopic (exact) mass is 293 g/mol. The first-order valence-corrected chi connectivity index (χ1v) is 6.86. The Morgan fingerprint density at radius 1 is 1.26 bits per heavy atom. The van der Waals surface area contributed by atoms with Crippen molar-refractivity contribution in [2.45, 2.75) is 6.54 Å². The van der Waals surface area contributed by atoms with E-state index in [2.05, 4.69) is 0 Å². The number of fused-ring (bicyclic) bond motifs is 1. The summed E-state index contributed by atoms with van der Waals surface area (Å²) in [6.45, 7) is 0.184. The van der Waals surface area contributed by atoms with Gasteiger partial charge in [0.05, 0.1) is 21.3 Å². The fraction of sp³-hybridized carbons (Fsp3) is 0.0714. The summed E-state index contributed by atoms with van der Waals surface area (Å²) in [5.41, 5.74) is 0.719. The number of aromatic nitrogens is 1. The Kier molecular flexibility index (Phi) is 3.12. The maximum absolute atomic E-state index is 13.5. The number of hydrogen-bond acceptors (Lipinski definition) is 2. The number of halogens is 2. The Labute approximate surface area is 118 Å².